The van der Waals surface area contributed by atoms with Crippen molar-refractivity contribution >= 4 is 5.69 Å². The second-order valence-corrected chi connectivity index (χ2v) is 3.27. The molecule has 0 unspecified atom stereocenters. The molecule has 0 aliphatic heterocycles. The van der Waals surface area contributed by atoms with Gasteiger partial charge in [-0.25, -0.2) is 0 Å². The number of hydrogen-bond donors (Lipinski definition) is 1. The average molecular weight is 195 g/mol. The van der Waals surface area contributed by atoms with Crippen LogP contribution in [0.5, 0.6) is 5.75 Å². The van der Waals surface area contributed by atoms with Crippen LogP contribution in [-0.4, -0.2) is 20.3 Å². The van der Waals surface area contributed by atoms with Crippen molar-refractivity contribution in [1.29, 1.82) is 0 Å². The molecule has 0 atom stereocenters. The second-order valence-electron chi connectivity index (χ2n) is 3.27. The van der Waals surface area contributed by atoms with Crippen LogP contribution in [0.3, 0.4) is 0 Å². The first-order valence-corrected chi connectivity index (χ1v) is 4.64. The minimum absolute atomic E-state index is 0.557. The van der Waals surface area contributed by atoms with E-state index in [0.29, 0.717) is 13.2 Å². The predicted octanol–water partition coefficient (Wildman–Crippen LogP) is 1.91. The summed E-state index contributed by atoms with van der Waals surface area (Å²) in [7, 11) is 1.66. The van der Waals surface area contributed by atoms with Crippen molar-refractivity contribution in [2.24, 2.45) is 0 Å². The number of benzene rings is 1. The molecule has 78 valence electrons. The maximum absolute atomic E-state index is 5.78. The van der Waals surface area contributed by atoms with Crippen molar-refractivity contribution in [2.45, 2.75) is 13.8 Å². The molecule has 0 amide bonds. The van der Waals surface area contributed by atoms with Crippen LogP contribution < -0.4 is 10.5 Å². The number of anilines is 1. The lowest BCUT2D eigenvalue weighted by Gasteiger charge is -2.13. The third-order valence-electron chi connectivity index (χ3n) is 2.18. The molecule has 0 fully saturated rings. The van der Waals surface area contributed by atoms with Gasteiger partial charge >= 0.3 is 0 Å². The number of nitrogen functional groups attached to an aromatic ring is 1. The Labute approximate surface area is 84.8 Å². The molecule has 0 saturated carbocycles. The molecule has 0 spiro atoms. The van der Waals surface area contributed by atoms with Gasteiger partial charge in [-0.15, -0.1) is 0 Å². The van der Waals surface area contributed by atoms with Crippen molar-refractivity contribution < 1.29 is 9.47 Å². The van der Waals surface area contributed by atoms with Gasteiger partial charge < -0.3 is 15.2 Å². The lowest BCUT2D eigenvalue weighted by molar-refractivity contribution is 0.145. The Balaban J connectivity index is 2.79. The van der Waals surface area contributed by atoms with E-state index < -0.39 is 0 Å². The van der Waals surface area contributed by atoms with Crippen LogP contribution in [0.4, 0.5) is 5.69 Å². The number of rotatable bonds is 4. The van der Waals surface area contributed by atoms with Gasteiger partial charge in [0, 0.05) is 18.4 Å². The highest BCUT2D eigenvalue weighted by atomic mass is 16.5. The molecule has 0 heterocycles. The van der Waals surface area contributed by atoms with Crippen LogP contribution in [0.25, 0.3) is 0 Å². The molecule has 0 saturated heterocycles. The molecule has 0 aliphatic carbocycles. The normalized spacial score (nSPS) is 10.2. The van der Waals surface area contributed by atoms with Crippen LogP contribution in [0.1, 0.15) is 11.1 Å². The zero-order chi connectivity index (χ0) is 10.6. The van der Waals surface area contributed by atoms with Crippen molar-refractivity contribution in [3.8, 4) is 5.75 Å². The molecule has 14 heavy (non-hydrogen) atoms. The highest BCUT2D eigenvalue weighted by Crippen LogP contribution is 2.27. The summed E-state index contributed by atoms with van der Waals surface area (Å²) >= 11 is 0. The zero-order valence-electron chi connectivity index (χ0n) is 8.96. The van der Waals surface area contributed by atoms with Gasteiger partial charge in [0.05, 0.1) is 6.61 Å². The minimum atomic E-state index is 0.557. The molecule has 3 heteroatoms. The fourth-order valence-electron chi connectivity index (χ4n) is 1.29. The van der Waals surface area contributed by atoms with Crippen LogP contribution in [0.2, 0.25) is 0 Å². The third kappa shape index (κ3) is 2.39. The summed E-state index contributed by atoms with van der Waals surface area (Å²) in [6.07, 6.45) is 0. The highest BCUT2D eigenvalue weighted by molar-refractivity contribution is 5.56. The Morgan fingerprint density at radius 1 is 1.21 bits per heavy atom. The standard InChI is InChI=1S/C11H17NO2/c1-8-4-5-10(12)9(2)11(8)14-7-6-13-3/h4-5H,6-7,12H2,1-3H3. The Bertz CT molecular complexity index is 310. The van der Waals surface area contributed by atoms with E-state index in [1.165, 1.54) is 0 Å². The lowest BCUT2D eigenvalue weighted by atomic mass is 10.1. The SMILES string of the molecule is COCCOc1c(C)ccc(N)c1C. The molecule has 0 radical (unpaired) electrons. The van der Waals surface area contributed by atoms with E-state index in [0.717, 1.165) is 22.6 Å². The number of ether oxygens (including phenoxy) is 2. The summed E-state index contributed by atoms with van der Waals surface area (Å²) in [6.45, 7) is 5.12. The summed E-state index contributed by atoms with van der Waals surface area (Å²) in [5.41, 5.74) is 8.65. The van der Waals surface area contributed by atoms with Gasteiger partial charge in [0.25, 0.3) is 0 Å². The summed E-state index contributed by atoms with van der Waals surface area (Å²) in [6, 6.07) is 3.86. The summed E-state index contributed by atoms with van der Waals surface area (Å²) in [5, 5.41) is 0. The Hall–Kier alpha value is -1.22. The molecule has 0 aromatic heterocycles. The maximum atomic E-state index is 5.78. The van der Waals surface area contributed by atoms with Gasteiger partial charge in [0.15, 0.2) is 0 Å². The number of methoxy groups -OCH3 is 1. The molecule has 0 bridgehead atoms. The van der Waals surface area contributed by atoms with Gasteiger partial charge in [0.1, 0.15) is 12.4 Å². The average Bonchev–Trinajstić information content (AvgIpc) is 2.18. The predicted molar refractivity (Wildman–Crippen MR) is 57.7 cm³/mol. The topological polar surface area (TPSA) is 44.5 Å². The quantitative estimate of drug-likeness (QED) is 0.589. The van der Waals surface area contributed by atoms with Crippen LogP contribution >= 0.6 is 0 Å². The van der Waals surface area contributed by atoms with Crippen molar-refractivity contribution in [3.05, 3.63) is 23.3 Å². The Morgan fingerprint density at radius 3 is 2.57 bits per heavy atom. The van der Waals surface area contributed by atoms with Gasteiger partial charge in [-0.05, 0) is 25.5 Å². The molecule has 1 aromatic rings. The van der Waals surface area contributed by atoms with Crippen molar-refractivity contribution in [2.75, 3.05) is 26.1 Å². The van der Waals surface area contributed by atoms with Gasteiger partial charge in [0.2, 0.25) is 0 Å². The molecule has 1 rings (SSSR count). The molecule has 2 N–H and O–H groups in total. The highest BCUT2D eigenvalue weighted by Gasteiger charge is 2.06. The van der Waals surface area contributed by atoms with Crippen molar-refractivity contribution in [1.82, 2.24) is 0 Å². The fourth-order valence-corrected chi connectivity index (χ4v) is 1.29. The van der Waals surface area contributed by atoms with Crippen LogP contribution in [0.15, 0.2) is 12.1 Å². The van der Waals surface area contributed by atoms with Crippen LogP contribution in [-0.2, 0) is 4.74 Å². The summed E-state index contributed by atoms with van der Waals surface area (Å²) in [5.74, 6) is 0.877. The number of nitrogens with two attached hydrogens (primary N) is 1. The monoisotopic (exact) mass is 195 g/mol. The first kappa shape index (κ1) is 10.9. The first-order valence-electron chi connectivity index (χ1n) is 4.64. The minimum Gasteiger partial charge on any atom is -0.491 e. The van der Waals surface area contributed by atoms with E-state index >= 15 is 0 Å². The third-order valence-corrected chi connectivity index (χ3v) is 2.18. The van der Waals surface area contributed by atoms with Gasteiger partial charge in [-0.1, -0.05) is 6.07 Å². The number of hydrogen-bond acceptors (Lipinski definition) is 3. The largest absolute Gasteiger partial charge is 0.491 e. The van der Waals surface area contributed by atoms with Gasteiger partial charge in [-0.3, -0.25) is 0 Å². The molecule has 1 aromatic carbocycles. The van der Waals surface area contributed by atoms with E-state index in [2.05, 4.69) is 0 Å². The smallest absolute Gasteiger partial charge is 0.127 e. The van der Waals surface area contributed by atoms with Gasteiger partial charge in [-0.2, -0.15) is 0 Å². The number of aryl methyl sites for hydroxylation is 1. The Kier molecular flexibility index (Phi) is 3.77. The van der Waals surface area contributed by atoms with E-state index in [-0.39, 0.29) is 0 Å². The molecular formula is C11H17NO2. The first-order chi connectivity index (χ1) is 6.66. The molecular weight excluding hydrogens is 178 g/mol. The van der Waals surface area contributed by atoms with E-state index in [1.807, 2.05) is 26.0 Å². The van der Waals surface area contributed by atoms with E-state index in [9.17, 15) is 0 Å². The lowest BCUT2D eigenvalue weighted by Crippen LogP contribution is -2.07. The molecule has 3 nitrogen and oxygen atoms in total. The summed E-state index contributed by atoms with van der Waals surface area (Å²) < 4.78 is 10.5. The molecule has 0 aliphatic rings. The van der Waals surface area contributed by atoms with Crippen LogP contribution in [0, 0.1) is 13.8 Å². The van der Waals surface area contributed by atoms with E-state index in [1.54, 1.807) is 7.11 Å². The van der Waals surface area contributed by atoms with E-state index in [4.69, 9.17) is 15.2 Å². The maximum Gasteiger partial charge on any atom is 0.127 e. The summed E-state index contributed by atoms with van der Waals surface area (Å²) in [4.78, 5) is 0. The fraction of sp³-hybridized carbons (Fsp3) is 0.455. The second kappa shape index (κ2) is 4.86. The Morgan fingerprint density at radius 2 is 1.93 bits per heavy atom. The van der Waals surface area contributed by atoms with Crippen molar-refractivity contribution in [3.63, 3.8) is 0 Å². The zero-order valence-corrected chi connectivity index (χ0v) is 8.96.